The van der Waals surface area contributed by atoms with Gasteiger partial charge in [-0.2, -0.15) is 5.10 Å². The number of hydrogen-bond acceptors (Lipinski definition) is 4. The summed E-state index contributed by atoms with van der Waals surface area (Å²) in [5.41, 5.74) is 2.27. The van der Waals surface area contributed by atoms with Gasteiger partial charge in [-0.05, 0) is 19.9 Å². The number of nitrogens with one attached hydrogen (secondary N) is 1. The molecule has 1 aromatic carbocycles. The lowest BCUT2D eigenvalue weighted by atomic mass is 10.2. The van der Waals surface area contributed by atoms with Crippen LogP contribution in [0.1, 0.15) is 25.4 Å². The van der Waals surface area contributed by atoms with Crippen LogP contribution in [0, 0.1) is 0 Å². The number of para-hydroxylation sites is 1. The van der Waals surface area contributed by atoms with Crippen LogP contribution >= 0.6 is 0 Å². The number of aryl methyl sites for hydroxylation is 2. The van der Waals surface area contributed by atoms with Crippen molar-refractivity contribution in [2.45, 2.75) is 40.0 Å². The van der Waals surface area contributed by atoms with Crippen molar-refractivity contribution in [2.75, 3.05) is 0 Å². The molecule has 3 rings (SSSR count). The van der Waals surface area contributed by atoms with Gasteiger partial charge in [0.05, 0.1) is 17.8 Å². The van der Waals surface area contributed by atoms with Crippen molar-refractivity contribution in [3.8, 4) is 0 Å². The molecule has 0 aliphatic heterocycles. The third kappa shape index (κ3) is 2.67. The molecule has 2 aromatic heterocycles. The normalized spacial score (nSPS) is 11.3. The zero-order valence-corrected chi connectivity index (χ0v) is 12.5. The highest BCUT2D eigenvalue weighted by molar-refractivity contribution is 5.81. The Balaban J connectivity index is 1.74. The highest BCUT2D eigenvalue weighted by atomic mass is 15.3. The van der Waals surface area contributed by atoms with Crippen LogP contribution in [0.15, 0.2) is 30.6 Å². The summed E-state index contributed by atoms with van der Waals surface area (Å²) in [6.07, 6.45) is 1.76. The van der Waals surface area contributed by atoms with E-state index in [0.717, 1.165) is 31.2 Å². The van der Waals surface area contributed by atoms with Crippen molar-refractivity contribution < 1.29 is 0 Å². The van der Waals surface area contributed by atoms with E-state index in [-0.39, 0.29) is 0 Å². The third-order valence-electron chi connectivity index (χ3n) is 3.65. The lowest BCUT2D eigenvalue weighted by molar-refractivity contribution is 0.594. The molecule has 0 aliphatic carbocycles. The Morgan fingerprint density at radius 2 is 1.95 bits per heavy atom. The molecular formula is C15H20N6. The summed E-state index contributed by atoms with van der Waals surface area (Å²) < 4.78 is 4.08. The molecule has 0 radical (unpaired) electrons. The minimum atomic E-state index is 0.696. The summed E-state index contributed by atoms with van der Waals surface area (Å²) >= 11 is 0. The Morgan fingerprint density at radius 1 is 1.10 bits per heavy atom. The largest absolute Gasteiger partial charge is 0.317 e. The van der Waals surface area contributed by atoms with Crippen molar-refractivity contribution in [3.05, 3.63) is 42.1 Å². The fraction of sp³-hybridized carbons (Fsp3) is 0.400. The van der Waals surface area contributed by atoms with Gasteiger partial charge < -0.3 is 9.88 Å². The van der Waals surface area contributed by atoms with Crippen LogP contribution in [-0.2, 0) is 26.2 Å². The molecule has 6 heteroatoms. The fourth-order valence-electron chi connectivity index (χ4n) is 2.54. The molecular weight excluding hydrogens is 264 g/mol. The van der Waals surface area contributed by atoms with Gasteiger partial charge in [-0.25, -0.2) is 0 Å². The molecule has 0 fully saturated rings. The smallest absolute Gasteiger partial charge is 0.146 e. The molecule has 6 nitrogen and oxygen atoms in total. The number of rotatable bonds is 6. The zero-order chi connectivity index (χ0) is 14.7. The van der Waals surface area contributed by atoms with Crippen molar-refractivity contribution in [1.29, 1.82) is 0 Å². The predicted octanol–water partition coefficient (Wildman–Crippen LogP) is 1.96. The molecule has 0 unspecified atom stereocenters. The Morgan fingerprint density at radius 3 is 2.76 bits per heavy atom. The second-order valence-corrected chi connectivity index (χ2v) is 4.92. The fourth-order valence-corrected chi connectivity index (χ4v) is 2.54. The summed E-state index contributed by atoms with van der Waals surface area (Å²) in [5, 5.41) is 17.4. The zero-order valence-electron chi connectivity index (χ0n) is 12.5. The summed E-state index contributed by atoms with van der Waals surface area (Å²) in [7, 11) is 0. The first-order chi connectivity index (χ1) is 10.3. The summed E-state index contributed by atoms with van der Waals surface area (Å²) in [4.78, 5) is 0. The second kappa shape index (κ2) is 6.05. The van der Waals surface area contributed by atoms with Gasteiger partial charge in [-0.1, -0.05) is 18.2 Å². The lowest BCUT2D eigenvalue weighted by Gasteiger charge is -2.04. The molecule has 0 amide bonds. The highest BCUT2D eigenvalue weighted by Crippen LogP contribution is 2.18. The lowest BCUT2D eigenvalue weighted by Crippen LogP contribution is -2.17. The Labute approximate surface area is 123 Å². The quantitative estimate of drug-likeness (QED) is 0.751. The molecule has 0 saturated heterocycles. The Kier molecular flexibility index (Phi) is 3.96. The van der Waals surface area contributed by atoms with Crippen LogP contribution in [0.3, 0.4) is 0 Å². The maximum absolute atomic E-state index is 4.68. The Hall–Kier alpha value is -2.21. The van der Waals surface area contributed by atoms with Gasteiger partial charge in [0.2, 0.25) is 0 Å². The first-order valence-corrected chi connectivity index (χ1v) is 7.35. The van der Waals surface area contributed by atoms with E-state index in [1.165, 1.54) is 10.9 Å². The number of aromatic nitrogens is 5. The van der Waals surface area contributed by atoms with E-state index in [1.807, 2.05) is 9.25 Å². The predicted molar refractivity (Wildman–Crippen MR) is 81.6 cm³/mol. The van der Waals surface area contributed by atoms with Crippen LogP contribution in [0.5, 0.6) is 0 Å². The minimum absolute atomic E-state index is 0.696. The van der Waals surface area contributed by atoms with E-state index in [4.69, 9.17) is 0 Å². The van der Waals surface area contributed by atoms with E-state index in [1.54, 1.807) is 6.33 Å². The topological polar surface area (TPSA) is 60.6 Å². The van der Waals surface area contributed by atoms with Crippen LogP contribution in [0.2, 0.25) is 0 Å². The van der Waals surface area contributed by atoms with Crippen molar-refractivity contribution in [3.63, 3.8) is 0 Å². The summed E-state index contributed by atoms with van der Waals surface area (Å²) in [5.74, 6) is 0.955. The SMILES string of the molecule is CCn1cnnc1CNCc1nn(CC)c2ccccc12. The molecule has 1 N–H and O–H groups in total. The van der Waals surface area contributed by atoms with Crippen LogP contribution < -0.4 is 5.32 Å². The highest BCUT2D eigenvalue weighted by Gasteiger charge is 2.09. The molecule has 110 valence electrons. The molecule has 2 heterocycles. The minimum Gasteiger partial charge on any atom is -0.317 e. The second-order valence-electron chi connectivity index (χ2n) is 4.92. The van der Waals surface area contributed by atoms with E-state index in [0.29, 0.717) is 6.54 Å². The van der Waals surface area contributed by atoms with E-state index < -0.39 is 0 Å². The van der Waals surface area contributed by atoms with Crippen LogP contribution in [-0.4, -0.2) is 24.5 Å². The van der Waals surface area contributed by atoms with Crippen molar-refractivity contribution in [2.24, 2.45) is 0 Å². The average Bonchev–Trinajstić information content (AvgIpc) is 3.12. The van der Waals surface area contributed by atoms with E-state index >= 15 is 0 Å². The standard InChI is InChI=1S/C15H20N6/c1-3-20-11-17-18-15(20)10-16-9-13-12-7-5-6-8-14(12)21(4-2)19-13/h5-8,11,16H,3-4,9-10H2,1-2H3. The maximum Gasteiger partial charge on any atom is 0.146 e. The number of benzene rings is 1. The molecule has 0 bridgehead atoms. The van der Waals surface area contributed by atoms with Crippen molar-refractivity contribution >= 4 is 10.9 Å². The maximum atomic E-state index is 4.68. The first kappa shape index (κ1) is 13.8. The van der Waals surface area contributed by atoms with E-state index in [2.05, 4.69) is 58.7 Å². The molecule has 21 heavy (non-hydrogen) atoms. The molecule has 3 aromatic rings. The van der Waals surface area contributed by atoms with Crippen LogP contribution in [0.4, 0.5) is 0 Å². The van der Waals surface area contributed by atoms with Gasteiger partial charge in [-0.3, -0.25) is 4.68 Å². The van der Waals surface area contributed by atoms with Gasteiger partial charge in [0.15, 0.2) is 0 Å². The van der Waals surface area contributed by atoms with E-state index in [9.17, 15) is 0 Å². The van der Waals surface area contributed by atoms with Crippen molar-refractivity contribution in [1.82, 2.24) is 29.9 Å². The molecule has 0 aliphatic rings. The molecule has 0 spiro atoms. The van der Waals surface area contributed by atoms with Gasteiger partial charge >= 0.3 is 0 Å². The summed E-state index contributed by atoms with van der Waals surface area (Å²) in [6.45, 7) is 7.39. The van der Waals surface area contributed by atoms with Crippen LogP contribution in [0.25, 0.3) is 10.9 Å². The molecule has 0 saturated carbocycles. The monoisotopic (exact) mass is 284 g/mol. The number of hydrogen-bond donors (Lipinski definition) is 1. The van der Waals surface area contributed by atoms with Gasteiger partial charge in [0.1, 0.15) is 12.2 Å². The van der Waals surface area contributed by atoms with Gasteiger partial charge in [0.25, 0.3) is 0 Å². The van der Waals surface area contributed by atoms with Gasteiger partial charge in [0, 0.05) is 25.0 Å². The average molecular weight is 284 g/mol. The number of fused-ring (bicyclic) bond motifs is 1. The summed E-state index contributed by atoms with van der Waals surface area (Å²) in [6, 6.07) is 8.35. The Bertz CT molecular complexity index is 727. The number of nitrogens with zero attached hydrogens (tertiary/aromatic N) is 5. The molecule has 0 atom stereocenters. The van der Waals surface area contributed by atoms with Gasteiger partial charge in [-0.15, -0.1) is 10.2 Å². The third-order valence-corrected chi connectivity index (χ3v) is 3.65. The first-order valence-electron chi connectivity index (χ1n) is 7.35.